The van der Waals surface area contributed by atoms with Gasteiger partial charge in [0, 0.05) is 35.4 Å². The van der Waals surface area contributed by atoms with Gasteiger partial charge in [0.2, 0.25) is 0 Å². The molecule has 0 bridgehead atoms. The number of nitrogens with zero attached hydrogens (tertiary/aromatic N) is 1. The molecule has 0 aliphatic heterocycles. The normalized spacial score (nSPS) is 11.2. The maximum absolute atomic E-state index is 13.0. The zero-order chi connectivity index (χ0) is 23.6. The Bertz CT molecular complexity index is 1450. The topological polar surface area (TPSA) is 109 Å². The van der Waals surface area contributed by atoms with Gasteiger partial charge in [-0.05, 0) is 54.6 Å². The number of nitrogens with one attached hydrogen (secondary N) is 3. The summed E-state index contributed by atoms with van der Waals surface area (Å²) < 4.78 is 41.9. The smallest absolute Gasteiger partial charge is 0.271 e. The number of amides is 2. The molecule has 0 spiro atoms. The predicted molar refractivity (Wildman–Crippen MR) is 122 cm³/mol. The van der Waals surface area contributed by atoms with Crippen LogP contribution in [0, 0.1) is 5.82 Å². The third kappa shape index (κ3) is 4.70. The first-order valence-corrected chi connectivity index (χ1v) is 11.3. The molecule has 0 radical (unpaired) electrons. The van der Waals surface area contributed by atoms with Gasteiger partial charge in [-0.15, -0.1) is 0 Å². The molecular weight excluding hydrogens is 447 g/mol. The number of hydrogen-bond donors (Lipinski definition) is 3. The number of aromatic nitrogens is 1. The summed E-state index contributed by atoms with van der Waals surface area (Å²) in [6, 6.07) is 17.4. The first-order valence-electron chi connectivity index (χ1n) is 9.78. The Hall–Kier alpha value is -4.18. The molecule has 1 heterocycles. The van der Waals surface area contributed by atoms with Crippen LogP contribution in [0.1, 0.15) is 20.7 Å². The lowest BCUT2D eigenvalue weighted by Gasteiger charge is -2.10. The van der Waals surface area contributed by atoms with Crippen molar-refractivity contribution in [1.82, 2.24) is 15.4 Å². The summed E-state index contributed by atoms with van der Waals surface area (Å²) in [6.07, 6.45) is 1.67. The number of aryl methyl sites for hydroxylation is 1. The molecule has 4 aromatic rings. The maximum Gasteiger partial charge on any atom is 0.271 e. The van der Waals surface area contributed by atoms with Crippen LogP contribution in [0.4, 0.5) is 10.1 Å². The van der Waals surface area contributed by atoms with Crippen LogP contribution in [0.15, 0.2) is 83.9 Å². The molecule has 168 valence electrons. The number of carbonyl (C=O) groups is 2. The van der Waals surface area contributed by atoms with Crippen LogP contribution in [0.5, 0.6) is 0 Å². The van der Waals surface area contributed by atoms with Crippen molar-refractivity contribution in [2.75, 3.05) is 4.72 Å². The Morgan fingerprint density at radius 2 is 1.48 bits per heavy atom. The Balaban J connectivity index is 1.40. The van der Waals surface area contributed by atoms with Crippen molar-refractivity contribution in [3.63, 3.8) is 0 Å². The lowest BCUT2D eigenvalue weighted by atomic mass is 10.2. The molecule has 0 atom stereocenters. The minimum absolute atomic E-state index is 0.0955. The maximum atomic E-state index is 13.0. The number of fused-ring (bicyclic) bond motifs is 1. The van der Waals surface area contributed by atoms with Gasteiger partial charge in [-0.3, -0.25) is 25.2 Å². The molecule has 3 aromatic carbocycles. The van der Waals surface area contributed by atoms with Crippen LogP contribution in [0.25, 0.3) is 10.9 Å². The molecule has 0 fully saturated rings. The second kappa shape index (κ2) is 8.75. The number of halogens is 1. The molecule has 2 amide bonds. The van der Waals surface area contributed by atoms with E-state index in [-0.39, 0.29) is 16.1 Å². The minimum Gasteiger partial charge on any atom is -0.350 e. The third-order valence-electron chi connectivity index (χ3n) is 4.95. The largest absolute Gasteiger partial charge is 0.350 e. The van der Waals surface area contributed by atoms with Crippen molar-refractivity contribution in [3.05, 3.63) is 95.9 Å². The second-order valence-corrected chi connectivity index (χ2v) is 8.90. The third-order valence-corrected chi connectivity index (χ3v) is 6.35. The number of para-hydroxylation sites is 1. The highest BCUT2D eigenvalue weighted by atomic mass is 32.2. The molecule has 3 N–H and O–H groups in total. The monoisotopic (exact) mass is 466 g/mol. The number of sulfonamides is 1. The van der Waals surface area contributed by atoms with Crippen molar-refractivity contribution in [2.45, 2.75) is 4.90 Å². The number of hydrogen-bond acceptors (Lipinski definition) is 4. The van der Waals surface area contributed by atoms with Gasteiger partial charge < -0.3 is 4.57 Å². The first-order chi connectivity index (χ1) is 15.7. The Kier molecular flexibility index (Phi) is 5.84. The fourth-order valence-corrected chi connectivity index (χ4v) is 4.35. The van der Waals surface area contributed by atoms with Crippen LogP contribution < -0.4 is 15.6 Å². The van der Waals surface area contributed by atoms with E-state index in [0.29, 0.717) is 5.56 Å². The molecular formula is C23H19FN4O4S. The van der Waals surface area contributed by atoms with E-state index >= 15 is 0 Å². The van der Waals surface area contributed by atoms with E-state index in [1.54, 1.807) is 6.20 Å². The zero-order valence-electron chi connectivity index (χ0n) is 17.4. The average molecular weight is 466 g/mol. The Morgan fingerprint density at radius 3 is 2.18 bits per heavy atom. The Morgan fingerprint density at radius 1 is 0.848 bits per heavy atom. The van der Waals surface area contributed by atoms with Crippen LogP contribution in [0.2, 0.25) is 0 Å². The van der Waals surface area contributed by atoms with Crippen LogP contribution in [-0.4, -0.2) is 24.8 Å². The molecule has 8 nitrogen and oxygen atoms in total. The first kappa shape index (κ1) is 22.0. The molecule has 4 rings (SSSR count). The molecule has 0 aliphatic carbocycles. The van der Waals surface area contributed by atoms with Crippen molar-refractivity contribution >= 4 is 38.4 Å². The highest BCUT2D eigenvalue weighted by Gasteiger charge is 2.16. The van der Waals surface area contributed by atoms with Crippen molar-refractivity contribution in [2.24, 2.45) is 7.05 Å². The van der Waals surface area contributed by atoms with Gasteiger partial charge in [-0.1, -0.05) is 18.2 Å². The van der Waals surface area contributed by atoms with Gasteiger partial charge in [-0.25, -0.2) is 12.8 Å². The fourth-order valence-electron chi connectivity index (χ4n) is 3.29. The molecule has 0 aliphatic rings. The van der Waals surface area contributed by atoms with E-state index in [9.17, 15) is 22.4 Å². The van der Waals surface area contributed by atoms with E-state index in [1.807, 2.05) is 35.9 Å². The number of carbonyl (C=O) groups excluding carboxylic acids is 2. The van der Waals surface area contributed by atoms with Crippen LogP contribution in [0.3, 0.4) is 0 Å². The van der Waals surface area contributed by atoms with Gasteiger partial charge in [0.1, 0.15) is 5.82 Å². The standard InChI is InChI=1S/C23H19FN4O4S/c1-28-14-20(19-4-2-3-5-21(19)28)23(30)26-25-22(29)15-6-10-17(11-7-15)27-33(31,32)18-12-8-16(24)9-13-18/h2-14,27H,1H3,(H,25,29)(H,26,30). The van der Waals surface area contributed by atoms with E-state index in [0.717, 1.165) is 35.2 Å². The molecule has 10 heteroatoms. The fraction of sp³-hybridized carbons (Fsp3) is 0.0435. The summed E-state index contributed by atoms with van der Waals surface area (Å²) in [5, 5.41) is 0.754. The minimum atomic E-state index is -3.91. The zero-order valence-corrected chi connectivity index (χ0v) is 18.2. The summed E-state index contributed by atoms with van der Waals surface area (Å²) >= 11 is 0. The van der Waals surface area contributed by atoms with E-state index in [1.165, 1.54) is 24.3 Å². The van der Waals surface area contributed by atoms with Gasteiger partial charge in [0.25, 0.3) is 21.8 Å². The Labute approximate surface area is 189 Å². The SMILES string of the molecule is Cn1cc(C(=O)NNC(=O)c2ccc(NS(=O)(=O)c3ccc(F)cc3)cc2)c2ccccc21. The summed E-state index contributed by atoms with van der Waals surface area (Å²) in [4.78, 5) is 24.8. The van der Waals surface area contributed by atoms with Crippen LogP contribution >= 0.6 is 0 Å². The van der Waals surface area contributed by atoms with E-state index < -0.39 is 27.7 Å². The van der Waals surface area contributed by atoms with Crippen molar-refractivity contribution < 1.29 is 22.4 Å². The summed E-state index contributed by atoms with van der Waals surface area (Å²) in [7, 11) is -2.08. The lowest BCUT2D eigenvalue weighted by Crippen LogP contribution is -2.41. The number of hydrazine groups is 1. The molecule has 0 unspecified atom stereocenters. The summed E-state index contributed by atoms with van der Waals surface area (Å²) in [5.41, 5.74) is 6.46. The van der Waals surface area contributed by atoms with Gasteiger partial charge in [0.15, 0.2) is 0 Å². The summed E-state index contributed by atoms with van der Waals surface area (Å²) in [6.45, 7) is 0. The lowest BCUT2D eigenvalue weighted by molar-refractivity contribution is 0.0847. The molecule has 33 heavy (non-hydrogen) atoms. The molecule has 0 saturated heterocycles. The molecule has 1 aromatic heterocycles. The summed E-state index contributed by atoms with van der Waals surface area (Å²) in [5.74, 6) is -1.59. The number of rotatable bonds is 5. The highest BCUT2D eigenvalue weighted by molar-refractivity contribution is 7.92. The van der Waals surface area contributed by atoms with Gasteiger partial charge in [0.05, 0.1) is 10.5 Å². The predicted octanol–water partition coefficient (Wildman–Crippen LogP) is 3.19. The molecule has 0 saturated carbocycles. The van der Waals surface area contributed by atoms with Crippen molar-refractivity contribution in [1.29, 1.82) is 0 Å². The van der Waals surface area contributed by atoms with Crippen LogP contribution in [-0.2, 0) is 17.1 Å². The van der Waals surface area contributed by atoms with E-state index in [4.69, 9.17) is 0 Å². The van der Waals surface area contributed by atoms with Crippen molar-refractivity contribution in [3.8, 4) is 0 Å². The average Bonchev–Trinajstić information content (AvgIpc) is 3.14. The number of anilines is 1. The quantitative estimate of drug-likeness (QED) is 0.393. The van der Waals surface area contributed by atoms with Gasteiger partial charge >= 0.3 is 0 Å². The number of benzene rings is 3. The second-order valence-electron chi connectivity index (χ2n) is 7.22. The van der Waals surface area contributed by atoms with E-state index in [2.05, 4.69) is 15.6 Å². The van der Waals surface area contributed by atoms with Gasteiger partial charge in [-0.2, -0.15) is 0 Å². The highest BCUT2D eigenvalue weighted by Crippen LogP contribution is 2.20.